The number of carbonyl (C=O) groups is 2. The van der Waals surface area contributed by atoms with Crippen LogP contribution in [0.4, 0.5) is 0 Å². The van der Waals surface area contributed by atoms with E-state index in [1.807, 2.05) is 31.2 Å². The molecular formula is C22H27NO4. The van der Waals surface area contributed by atoms with Gasteiger partial charge < -0.3 is 9.47 Å². The quantitative estimate of drug-likeness (QED) is 0.556. The van der Waals surface area contributed by atoms with Gasteiger partial charge in [-0.1, -0.05) is 31.5 Å². The fourth-order valence-corrected chi connectivity index (χ4v) is 4.03. The van der Waals surface area contributed by atoms with E-state index in [2.05, 4.69) is 11.9 Å². The second-order valence-electron chi connectivity index (χ2n) is 7.11. The fraction of sp³-hybridized carbons (Fsp3) is 0.500. The molecule has 1 fully saturated rings. The maximum Gasteiger partial charge on any atom is 0.336 e. The van der Waals surface area contributed by atoms with E-state index in [1.54, 1.807) is 0 Å². The molecule has 1 saturated carbocycles. The molecule has 144 valence electrons. The molecule has 5 heteroatoms. The van der Waals surface area contributed by atoms with Crippen molar-refractivity contribution < 1.29 is 19.1 Å². The molecular weight excluding hydrogens is 342 g/mol. The molecule has 1 aromatic carbocycles. The maximum atomic E-state index is 12.9. The van der Waals surface area contributed by atoms with Crippen LogP contribution >= 0.6 is 0 Å². The second-order valence-corrected chi connectivity index (χ2v) is 7.11. The average molecular weight is 369 g/mol. The lowest BCUT2D eigenvalue weighted by atomic mass is 9.69. The summed E-state index contributed by atoms with van der Waals surface area (Å²) in [6.07, 6.45) is 4.11. The van der Waals surface area contributed by atoms with E-state index in [-0.39, 0.29) is 5.78 Å². The zero-order valence-electron chi connectivity index (χ0n) is 16.3. The van der Waals surface area contributed by atoms with Crippen molar-refractivity contribution in [1.82, 2.24) is 0 Å². The highest BCUT2D eigenvalue weighted by atomic mass is 16.5. The summed E-state index contributed by atoms with van der Waals surface area (Å²) in [5.41, 5.74) is 2.84. The molecule has 1 aromatic rings. The van der Waals surface area contributed by atoms with Gasteiger partial charge in [-0.05, 0) is 32.3 Å². The number of carbonyl (C=O) groups excluding carboxylic acids is 2. The summed E-state index contributed by atoms with van der Waals surface area (Å²) < 4.78 is 11.1. The highest BCUT2D eigenvalue weighted by Gasteiger charge is 2.44. The molecule has 1 unspecified atom stereocenters. The van der Waals surface area contributed by atoms with E-state index in [4.69, 9.17) is 9.47 Å². The van der Waals surface area contributed by atoms with Gasteiger partial charge in [0.25, 0.3) is 0 Å². The molecule has 5 nitrogen and oxygen atoms in total. The number of benzene rings is 1. The number of unbranched alkanes of at least 4 members (excludes halogenated alkanes) is 1. The van der Waals surface area contributed by atoms with Gasteiger partial charge >= 0.3 is 5.97 Å². The largest absolute Gasteiger partial charge is 0.493 e. The van der Waals surface area contributed by atoms with Gasteiger partial charge in [-0.2, -0.15) is 0 Å². The highest BCUT2D eigenvalue weighted by molar-refractivity contribution is 6.11. The minimum absolute atomic E-state index is 0.141. The molecule has 3 rings (SSSR count). The van der Waals surface area contributed by atoms with Crippen LogP contribution in [0.2, 0.25) is 0 Å². The Bertz CT molecular complexity index is 793. The Kier molecular flexibility index (Phi) is 6.09. The van der Waals surface area contributed by atoms with Crippen LogP contribution in [0.3, 0.4) is 0 Å². The number of hydrogen-bond acceptors (Lipinski definition) is 5. The number of para-hydroxylation sites is 1. The van der Waals surface area contributed by atoms with Crippen molar-refractivity contribution in [3.8, 4) is 5.75 Å². The lowest BCUT2D eigenvalue weighted by molar-refractivity contribution is -0.136. The first-order valence-corrected chi connectivity index (χ1v) is 9.69. The number of allylic oxidation sites excluding steroid dienone is 1. The fourth-order valence-electron chi connectivity index (χ4n) is 4.03. The number of nitrogens with zero attached hydrogens (tertiary/aromatic N) is 1. The first-order chi connectivity index (χ1) is 13.1. The monoisotopic (exact) mass is 369 g/mol. The first-order valence-electron chi connectivity index (χ1n) is 9.69. The molecule has 0 aromatic heterocycles. The predicted octanol–water partition coefficient (Wildman–Crippen LogP) is 4.22. The molecule has 0 N–H and O–H groups in total. The van der Waals surface area contributed by atoms with Crippen molar-refractivity contribution >= 4 is 17.5 Å². The summed E-state index contributed by atoms with van der Waals surface area (Å²) in [4.78, 5) is 30.1. The Hall–Kier alpha value is -2.43. The summed E-state index contributed by atoms with van der Waals surface area (Å²) in [6, 6.07) is 7.70. The van der Waals surface area contributed by atoms with Crippen LogP contribution in [0, 0.1) is 5.92 Å². The average Bonchev–Trinajstić information content (AvgIpc) is 2.67. The second kappa shape index (κ2) is 8.51. The molecule has 1 heterocycles. The molecule has 0 radical (unpaired) electrons. The van der Waals surface area contributed by atoms with Crippen molar-refractivity contribution in [3.63, 3.8) is 0 Å². The third kappa shape index (κ3) is 3.82. The van der Waals surface area contributed by atoms with Crippen LogP contribution in [-0.4, -0.2) is 31.2 Å². The third-order valence-electron chi connectivity index (χ3n) is 5.32. The Labute approximate surface area is 160 Å². The van der Waals surface area contributed by atoms with Crippen molar-refractivity contribution in [3.05, 3.63) is 41.1 Å². The molecule has 1 aliphatic heterocycles. The van der Waals surface area contributed by atoms with E-state index in [0.29, 0.717) is 24.3 Å². The van der Waals surface area contributed by atoms with Crippen molar-refractivity contribution in [1.29, 1.82) is 0 Å². The lowest BCUT2D eigenvalue weighted by Crippen LogP contribution is -2.39. The molecule has 2 aliphatic rings. The number of aliphatic imine (C=N–C) groups is 1. The third-order valence-corrected chi connectivity index (χ3v) is 5.32. The molecule has 2 atom stereocenters. The number of methoxy groups -OCH3 is 1. The van der Waals surface area contributed by atoms with Gasteiger partial charge in [0.2, 0.25) is 0 Å². The smallest absolute Gasteiger partial charge is 0.336 e. The van der Waals surface area contributed by atoms with Gasteiger partial charge in [-0.25, -0.2) is 4.79 Å². The van der Waals surface area contributed by atoms with Crippen molar-refractivity contribution in [2.75, 3.05) is 13.7 Å². The first kappa shape index (κ1) is 19.3. The van der Waals surface area contributed by atoms with Crippen LogP contribution in [0.5, 0.6) is 5.75 Å². The Morgan fingerprint density at radius 3 is 2.74 bits per heavy atom. The maximum absolute atomic E-state index is 12.9. The number of hydrogen-bond donors (Lipinski definition) is 0. The van der Waals surface area contributed by atoms with Gasteiger partial charge in [0, 0.05) is 29.3 Å². The predicted molar refractivity (Wildman–Crippen MR) is 104 cm³/mol. The Morgan fingerprint density at radius 1 is 1.22 bits per heavy atom. The normalized spacial score (nSPS) is 22.2. The molecule has 0 bridgehead atoms. The number of rotatable bonds is 6. The SMILES string of the molecule is CCCCOc1ccccc1[C@@H]1C(C(=O)OC)=C(C)N=C2CCCC(=O)C21. The van der Waals surface area contributed by atoms with Crippen LogP contribution in [0.1, 0.15) is 57.4 Å². The summed E-state index contributed by atoms with van der Waals surface area (Å²) in [6.45, 7) is 4.54. The number of ether oxygens (including phenoxy) is 2. The molecule has 0 amide bonds. The number of ketones is 1. The van der Waals surface area contributed by atoms with Crippen LogP contribution < -0.4 is 4.74 Å². The number of fused-ring (bicyclic) bond motifs is 1. The topological polar surface area (TPSA) is 65.0 Å². The Morgan fingerprint density at radius 2 is 2.00 bits per heavy atom. The van der Waals surface area contributed by atoms with E-state index >= 15 is 0 Å². The zero-order chi connectivity index (χ0) is 19.4. The molecule has 0 spiro atoms. The standard InChI is InChI=1S/C22H27NO4/c1-4-5-13-27-18-12-7-6-9-15(18)20-19(22(25)26-3)14(2)23-16-10-8-11-17(24)21(16)20/h6-7,9,12,20-21H,4-5,8,10-11,13H2,1-3H3/t20-,21?/m1/s1. The zero-order valence-corrected chi connectivity index (χ0v) is 16.3. The van der Waals surface area contributed by atoms with Crippen LogP contribution in [0.25, 0.3) is 0 Å². The lowest BCUT2D eigenvalue weighted by Gasteiger charge is -2.36. The minimum atomic E-state index is -0.429. The minimum Gasteiger partial charge on any atom is -0.493 e. The number of Topliss-reactive ketones (excluding diaryl/α,β-unsaturated/α-hetero) is 1. The van der Waals surface area contributed by atoms with Gasteiger partial charge in [-0.3, -0.25) is 9.79 Å². The molecule has 27 heavy (non-hydrogen) atoms. The van der Waals surface area contributed by atoms with Gasteiger partial charge in [0.1, 0.15) is 11.5 Å². The highest BCUT2D eigenvalue weighted by Crippen LogP contribution is 2.45. The van der Waals surface area contributed by atoms with E-state index < -0.39 is 17.8 Å². The summed E-state index contributed by atoms with van der Waals surface area (Å²) >= 11 is 0. The van der Waals surface area contributed by atoms with E-state index in [1.165, 1.54) is 7.11 Å². The van der Waals surface area contributed by atoms with Gasteiger partial charge in [-0.15, -0.1) is 0 Å². The van der Waals surface area contributed by atoms with E-state index in [0.717, 1.165) is 42.7 Å². The van der Waals surface area contributed by atoms with Crippen molar-refractivity contribution in [2.24, 2.45) is 10.9 Å². The molecule has 1 aliphatic carbocycles. The van der Waals surface area contributed by atoms with Crippen LogP contribution in [0.15, 0.2) is 40.5 Å². The van der Waals surface area contributed by atoms with Crippen LogP contribution in [-0.2, 0) is 14.3 Å². The Balaban J connectivity index is 2.11. The van der Waals surface area contributed by atoms with Crippen molar-refractivity contribution in [2.45, 2.75) is 51.9 Å². The summed E-state index contributed by atoms with van der Waals surface area (Å²) in [5, 5.41) is 0. The van der Waals surface area contributed by atoms with Gasteiger partial charge in [0.15, 0.2) is 0 Å². The summed E-state index contributed by atoms with van der Waals surface area (Å²) in [5.74, 6) is -0.378. The van der Waals surface area contributed by atoms with E-state index in [9.17, 15) is 9.59 Å². The number of esters is 1. The summed E-state index contributed by atoms with van der Waals surface area (Å²) in [7, 11) is 1.37. The van der Waals surface area contributed by atoms with Gasteiger partial charge in [0.05, 0.1) is 25.2 Å². The molecule has 0 saturated heterocycles.